The van der Waals surface area contributed by atoms with Gasteiger partial charge in [-0.3, -0.25) is 5.41 Å². The number of hydrogen-bond acceptors (Lipinski definition) is 3. The zero-order valence-corrected chi connectivity index (χ0v) is 10.0. The van der Waals surface area contributed by atoms with Gasteiger partial charge in [0.2, 0.25) is 0 Å². The van der Waals surface area contributed by atoms with Gasteiger partial charge in [0.25, 0.3) is 0 Å². The molecule has 0 fully saturated rings. The fourth-order valence-electron chi connectivity index (χ4n) is 1.42. The van der Waals surface area contributed by atoms with E-state index in [4.69, 9.17) is 16.2 Å². The van der Waals surface area contributed by atoms with E-state index in [1.807, 2.05) is 30.3 Å². The van der Waals surface area contributed by atoms with Gasteiger partial charge < -0.3 is 10.8 Å². The van der Waals surface area contributed by atoms with Crippen molar-refractivity contribution in [2.75, 3.05) is 18.1 Å². The highest BCUT2D eigenvalue weighted by Gasteiger charge is 2.13. The summed E-state index contributed by atoms with van der Waals surface area (Å²) in [6.45, 7) is 0.225. The van der Waals surface area contributed by atoms with Crippen LogP contribution in [-0.4, -0.2) is 29.1 Å². The molecule has 0 aliphatic rings. The summed E-state index contributed by atoms with van der Waals surface area (Å²) >= 11 is 1.73. The Morgan fingerprint density at radius 2 is 2.06 bits per heavy atom. The number of aliphatic hydroxyl groups is 1. The van der Waals surface area contributed by atoms with E-state index in [2.05, 4.69) is 0 Å². The topological polar surface area (TPSA) is 70.1 Å². The second-order valence-corrected chi connectivity index (χ2v) is 4.72. The smallest absolute Gasteiger partial charge is 0.0990 e. The summed E-state index contributed by atoms with van der Waals surface area (Å²) < 4.78 is 0. The molecule has 1 aromatic carbocycles. The van der Waals surface area contributed by atoms with Crippen LogP contribution in [0.4, 0.5) is 0 Å². The average Bonchev–Trinajstić information content (AvgIpc) is 2.30. The molecule has 4 N–H and O–H groups in total. The van der Waals surface area contributed by atoms with Crippen molar-refractivity contribution in [2.45, 2.75) is 12.3 Å². The van der Waals surface area contributed by atoms with E-state index >= 15 is 0 Å². The molecule has 1 aromatic rings. The normalized spacial score (nSPS) is 12.3. The van der Waals surface area contributed by atoms with Crippen LogP contribution in [0.5, 0.6) is 0 Å². The molecule has 0 aliphatic heterocycles. The van der Waals surface area contributed by atoms with Crippen LogP contribution in [0.3, 0.4) is 0 Å². The van der Waals surface area contributed by atoms with Gasteiger partial charge >= 0.3 is 0 Å². The summed E-state index contributed by atoms with van der Waals surface area (Å²) in [5, 5.41) is 16.3. The first-order valence-electron chi connectivity index (χ1n) is 5.33. The Balaban J connectivity index is 2.52. The molecular formula is C12H18N2OS. The molecule has 4 heteroatoms. The number of thioether (sulfide) groups is 1. The Hall–Kier alpha value is -1.00. The summed E-state index contributed by atoms with van der Waals surface area (Å²) in [5.74, 6) is 1.92. The molecule has 3 nitrogen and oxygen atoms in total. The lowest BCUT2D eigenvalue weighted by Gasteiger charge is -2.15. The fourth-order valence-corrected chi connectivity index (χ4v) is 2.53. The van der Waals surface area contributed by atoms with Crippen LogP contribution in [0.15, 0.2) is 30.3 Å². The first kappa shape index (κ1) is 13.1. The summed E-state index contributed by atoms with van der Waals surface area (Å²) in [5.41, 5.74) is 6.69. The van der Waals surface area contributed by atoms with E-state index in [9.17, 15) is 0 Å². The lowest BCUT2D eigenvalue weighted by molar-refractivity contribution is 0.296. The molecule has 0 spiro atoms. The molecule has 88 valence electrons. The van der Waals surface area contributed by atoms with Crippen LogP contribution in [0.25, 0.3) is 0 Å². The highest BCUT2D eigenvalue weighted by atomic mass is 32.2. The van der Waals surface area contributed by atoms with Crippen LogP contribution in [0.2, 0.25) is 0 Å². The monoisotopic (exact) mass is 238 g/mol. The Labute approximate surface area is 101 Å². The molecule has 0 heterocycles. The summed E-state index contributed by atoms with van der Waals surface area (Å²) in [4.78, 5) is 0. The highest BCUT2D eigenvalue weighted by molar-refractivity contribution is 7.99. The van der Waals surface area contributed by atoms with E-state index in [1.165, 1.54) is 0 Å². The number of aliphatic hydroxyl groups excluding tert-OH is 1. The predicted molar refractivity (Wildman–Crippen MR) is 70.1 cm³/mol. The van der Waals surface area contributed by atoms with Crippen molar-refractivity contribution in [1.82, 2.24) is 0 Å². The molecule has 0 amide bonds. The van der Waals surface area contributed by atoms with Gasteiger partial charge in [-0.1, -0.05) is 30.3 Å². The zero-order valence-electron chi connectivity index (χ0n) is 9.23. The molecule has 0 aromatic heterocycles. The van der Waals surface area contributed by atoms with Gasteiger partial charge in [0.1, 0.15) is 0 Å². The van der Waals surface area contributed by atoms with Gasteiger partial charge in [0, 0.05) is 18.3 Å². The summed E-state index contributed by atoms with van der Waals surface area (Å²) in [7, 11) is 0. The van der Waals surface area contributed by atoms with Gasteiger partial charge in [0.15, 0.2) is 0 Å². The van der Waals surface area contributed by atoms with Crippen molar-refractivity contribution in [3.63, 3.8) is 0 Å². The third kappa shape index (κ3) is 4.24. The number of hydrogen-bond donors (Lipinski definition) is 3. The SMILES string of the molecule is N=C(N)C(CSCCCO)c1ccccc1. The van der Waals surface area contributed by atoms with Crippen molar-refractivity contribution in [3.8, 4) is 0 Å². The van der Waals surface area contributed by atoms with Crippen molar-refractivity contribution in [2.24, 2.45) is 5.73 Å². The van der Waals surface area contributed by atoms with Crippen molar-refractivity contribution < 1.29 is 5.11 Å². The largest absolute Gasteiger partial charge is 0.396 e. The molecule has 1 unspecified atom stereocenters. The third-order valence-electron chi connectivity index (χ3n) is 2.31. The third-order valence-corrected chi connectivity index (χ3v) is 3.46. The molecule has 0 aliphatic carbocycles. The van der Waals surface area contributed by atoms with Crippen molar-refractivity contribution in [1.29, 1.82) is 5.41 Å². The maximum absolute atomic E-state index is 8.68. The first-order chi connectivity index (χ1) is 7.75. The minimum absolute atomic E-state index is 0.00936. The standard InChI is InChI=1S/C12H18N2OS/c13-12(14)11(9-16-8-4-7-15)10-5-2-1-3-6-10/h1-3,5-6,11,15H,4,7-9H2,(H3,13,14). The number of nitrogens with one attached hydrogen (secondary N) is 1. The minimum atomic E-state index is -0.00936. The Morgan fingerprint density at radius 1 is 1.38 bits per heavy atom. The molecule has 0 bridgehead atoms. The highest BCUT2D eigenvalue weighted by Crippen LogP contribution is 2.20. The maximum Gasteiger partial charge on any atom is 0.0990 e. The van der Waals surface area contributed by atoms with Crippen molar-refractivity contribution in [3.05, 3.63) is 35.9 Å². The lowest BCUT2D eigenvalue weighted by Crippen LogP contribution is -2.22. The van der Waals surface area contributed by atoms with E-state index < -0.39 is 0 Å². The van der Waals surface area contributed by atoms with Gasteiger partial charge in [-0.05, 0) is 17.7 Å². The second-order valence-electron chi connectivity index (χ2n) is 3.57. The fraction of sp³-hybridized carbons (Fsp3) is 0.417. The summed E-state index contributed by atoms with van der Waals surface area (Å²) in [6.07, 6.45) is 0.796. The Kier molecular flexibility index (Phi) is 5.96. The van der Waals surface area contributed by atoms with Crippen molar-refractivity contribution >= 4 is 17.6 Å². The van der Waals surface area contributed by atoms with E-state index in [0.717, 1.165) is 23.5 Å². The van der Waals surface area contributed by atoms with Crippen LogP contribution in [0, 0.1) is 5.41 Å². The van der Waals surface area contributed by atoms with Crippen LogP contribution >= 0.6 is 11.8 Å². The lowest BCUT2D eigenvalue weighted by atomic mass is 10.0. The number of nitrogens with two attached hydrogens (primary N) is 1. The molecular weight excluding hydrogens is 220 g/mol. The average molecular weight is 238 g/mol. The second kappa shape index (κ2) is 7.30. The molecule has 0 saturated heterocycles. The number of rotatable bonds is 7. The van der Waals surface area contributed by atoms with Gasteiger partial charge in [-0.15, -0.1) is 0 Å². The quantitative estimate of drug-likeness (QED) is 0.385. The Morgan fingerprint density at radius 3 is 2.62 bits per heavy atom. The molecule has 16 heavy (non-hydrogen) atoms. The van der Waals surface area contributed by atoms with Crippen LogP contribution in [0.1, 0.15) is 17.9 Å². The van der Waals surface area contributed by atoms with Gasteiger partial charge in [-0.2, -0.15) is 11.8 Å². The number of benzene rings is 1. The van der Waals surface area contributed by atoms with E-state index in [-0.39, 0.29) is 18.4 Å². The zero-order chi connectivity index (χ0) is 11.8. The van der Waals surface area contributed by atoms with E-state index in [0.29, 0.717) is 0 Å². The van der Waals surface area contributed by atoms with E-state index in [1.54, 1.807) is 11.8 Å². The minimum Gasteiger partial charge on any atom is -0.396 e. The van der Waals surface area contributed by atoms with Crippen LogP contribution < -0.4 is 5.73 Å². The van der Waals surface area contributed by atoms with Gasteiger partial charge in [-0.25, -0.2) is 0 Å². The molecule has 1 rings (SSSR count). The summed E-state index contributed by atoms with van der Waals surface area (Å²) in [6, 6.07) is 9.88. The predicted octanol–water partition coefficient (Wildman–Crippen LogP) is 1.82. The molecule has 0 radical (unpaired) electrons. The van der Waals surface area contributed by atoms with Crippen LogP contribution in [-0.2, 0) is 0 Å². The molecule has 0 saturated carbocycles. The van der Waals surface area contributed by atoms with Gasteiger partial charge in [0.05, 0.1) is 5.84 Å². The maximum atomic E-state index is 8.68. The number of amidine groups is 1. The Bertz CT molecular complexity index is 316. The molecule has 1 atom stereocenters. The first-order valence-corrected chi connectivity index (χ1v) is 6.48.